The van der Waals surface area contributed by atoms with Gasteiger partial charge in [-0.1, -0.05) is 24.5 Å². The molecule has 2 unspecified atom stereocenters. The fourth-order valence-corrected chi connectivity index (χ4v) is 7.17. The quantitative estimate of drug-likeness (QED) is 0.165. The number of H-pyrrole nitrogens is 1. The van der Waals surface area contributed by atoms with Crippen LogP contribution in [0.25, 0.3) is 22.3 Å². The third-order valence-corrected chi connectivity index (χ3v) is 9.84. The van der Waals surface area contributed by atoms with Crippen LogP contribution in [0.3, 0.4) is 0 Å². The van der Waals surface area contributed by atoms with E-state index in [2.05, 4.69) is 49.4 Å². The molecule has 4 aromatic rings. The summed E-state index contributed by atoms with van der Waals surface area (Å²) in [6.07, 6.45) is -5.02. The lowest BCUT2D eigenvalue weighted by molar-refractivity contribution is -0.0616. The van der Waals surface area contributed by atoms with Crippen LogP contribution >= 0.6 is 38.1 Å². The zero-order valence-corrected chi connectivity index (χ0v) is 25.8. The van der Waals surface area contributed by atoms with E-state index >= 15 is 13.2 Å². The Bertz CT molecular complexity index is 2010. The van der Waals surface area contributed by atoms with Gasteiger partial charge < -0.3 is 15.0 Å². The van der Waals surface area contributed by atoms with Gasteiger partial charge >= 0.3 is 13.6 Å². The first kappa shape index (κ1) is 32.0. The van der Waals surface area contributed by atoms with Crippen molar-refractivity contribution in [1.82, 2.24) is 34.1 Å². The monoisotopic (exact) mass is 709 g/mol. The molecule has 2 bridgehead atoms. The number of nitrogen functional groups attached to an aromatic ring is 1. The summed E-state index contributed by atoms with van der Waals surface area (Å²) in [4.78, 5) is 30.7. The van der Waals surface area contributed by atoms with Crippen LogP contribution < -0.4 is 11.3 Å². The molecule has 6 rings (SSSR count). The minimum absolute atomic E-state index is 0.0186. The van der Waals surface area contributed by atoms with E-state index < -0.39 is 76.0 Å². The van der Waals surface area contributed by atoms with Gasteiger partial charge in [0.25, 0.3) is 11.5 Å². The predicted molar refractivity (Wildman–Crippen MR) is 153 cm³/mol. The Balaban J connectivity index is 1.40. The summed E-state index contributed by atoms with van der Waals surface area (Å²) >= 11 is 7.68. The smallest absolute Gasteiger partial charge is 0.369 e. The van der Waals surface area contributed by atoms with Crippen LogP contribution in [0.15, 0.2) is 23.4 Å². The lowest BCUT2D eigenvalue weighted by Gasteiger charge is -2.24. The Morgan fingerprint density at radius 3 is 2.69 bits per heavy atom. The number of thiol groups is 2. The molecule has 0 aromatic carbocycles. The highest BCUT2D eigenvalue weighted by Gasteiger charge is 2.51. The Labute approximate surface area is 259 Å². The van der Waals surface area contributed by atoms with Gasteiger partial charge in [0.2, 0.25) is 5.95 Å². The second-order valence-corrected chi connectivity index (χ2v) is 15.6. The largest absolute Gasteiger partial charge is 0.387 e. The molecule has 6 heterocycles. The maximum atomic E-state index is 15.9. The van der Waals surface area contributed by atoms with Crippen molar-refractivity contribution in [3.8, 4) is 6.07 Å². The summed E-state index contributed by atoms with van der Waals surface area (Å²) in [7, 11) is 0. The van der Waals surface area contributed by atoms with Gasteiger partial charge in [-0.3, -0.25) is 32.4 Å². The molecule has 24 heteroatoms. The molecule has 0 saturated carbocycles. The summed E-state index contributed by atoms with van der Waals surface area (Å²) in [5.74, 6) is -4.30. The van der Waals surface area contributed by atoms with Crippen molar-refractivity contribution >= 4 is 66.4 Å². The number of ether oxygens (including phenoxy) is 1. The summed E-state index contributed by atoms with van der Waals surface area (Å²) in [5.41, 5.74) is 4.57. The number of aromatic amines is 1. The number of alkyl halides is 3. The van der Waals surface area contributed by atoms with Gasteiger partial charge in [0, 0.05) is 6.20 Å². The topological polar surface area (TPSA) is 224 Å². The fourth-order valence-electron chi connectivity index (χ4n) is 4.67. The summed E-state index contributed by atoms with van der Waals surface area (Å²) in [6, 6.07) is 3.13. The molecule has 2 aliphatic rings. The lowest BCUT2D eigenvalue weighted by atomic mass is 10.1. The van der Waals surface area contributed by atoms with Gasteiger partial charge in [0.05, 0.1) is 25.0 Å². The molecule has 1 fully saturated rings. The number of aromatic nitrogens is 7. The first-order chi connectivity index (χ1) is 21.2. The van der Waals surface area contributed by atoms with Crippen molar-refractivity contribution in [2.24, 2.45) is 0 Å². The summed E-state index contributed by atoms with van der Waals surface area (Å²) < 4.78 is 101. The third-order valence-electron chi connectivity index (χ3n) is 6.62. The van der Waals surface area contributed by atoms with Crippen LogP contribution in [0.2, 0.25) is 0 Å². The SMILES string of the molecule is N#Cc1cnc2c(c1)nc1n2CC(F)(F)COP(=O)(S)OC[C@H]2O[C@@H](n3cnc4c(=O)[nH]c(N)nc43)[C@H](OP(=O)(S)OC1)[C@@H]2F. The molecule has 240 valence electrons. The van der Waals surface area contributed by atoms with Crippen LogP contribution in [-0.2, 0) is 45.1 Å². The van der Waals surface area contributed by atoms with E-state index in [1.807, 2.05) is 6.07 Å². The Morgan fingerprint density at radius 1 is 1.16 bits per heavy atom. The molecule has 1 saturated heterocycles. The van der Waals surface area contributed by atoms with Crippen LogP contribution in [0, 0.1) is 11.3 Å². The number of nitrogens with zero attached hydrogens (tertiary/aromatic N) is 7. The van der Waals surface area contributed by atoms with E-state index in [4.69, 9.17) is 28.6 Å². The predicted octanol–water partition coefficient (Wildman–Crippen LogP) is 2.91. The maximum absolute atomic E-state index is 15.9. The number of anilines is 1. The molecule has 0 aliphatic carbocycles. The molecule has 6 atom stereocenters. The molecule has 0 amide bonds. The van der Waals surface area contributed by atoms with Crippen molar-refractivity contribution in [3.05, 3.63) is 40.3 Å². The average Bonchev–Trinajstić information content (AvgIpc) is 3.63. The van der Waals surface area contributed by atoms with E-state index in [0.717, 1.165) is 21.7 Å². The van der Waals surface area contributed by atoms with Crippen LogP contribution in [0.1, 0.15) is 17.6 Å². The molecule has 3 N–H and O–H groups in total. The normalized spacial score (nSPS) is 31.1. The maximum Gasteiger partial charge on any atom is 0.387 e. The Hall–Kier alpha value is -2.99. The minimum Gasteiger partial charge on any atom is -0.369 e. The molecule has 2 aliphatic heterocycles. The summed E-state index contributed by atoms with van der Waals surface area (Å²) in [6.45, 7) is -13.3. The van der Waals surface area contributed by atoms with Crippen LogP contribution in [-0.4, -0.2) is 71.6 Å². The van der Waals surface area contributed by atoms with Gasteiger partial charge in [-0.2, -0.15) is 10.2 Å². The highest BCUT2D eigenvalue weighted by atomic mass is 32.7. The molecule has 17 nitrogen and oxygen atoms in total. The number of hydrogen-bond donors (Lipinski definition) is 4. The zero-order valence-electron chi connectivity index (χ0n) is 22.3. The highest BCUT2D eigenvalue weighted by Crippen LogP contribution is 2.58. The average molecular weight is 710 g/mol. The highest BCUT2D eigenvalue weighted by molar-refractivity contribution is 8.44. The van der Waals surface area contributed by atoms with Gasteiger partial charge in [0.15, 0.2) is 29.2 Å². The molecule has 0 radical (unpaired) electrons. The van der Waals surface area contributed by atoms with Crippen molar-refractivity contribution in [2.45, 2.75) is 43.7 Å². The van der Waals surface area contributed by atoms with Gasteiger partial charge in [-0.05, 0) is 6.07 Å². The fraction of sp³-hybridized carbons (Fsp3) is 0.429. The van der Waals surface area contributed by atoms with E-state index in [1.165, 1.54) is 6.07 Å². The summed E-state index contributed by atoms with van der Waals surface area (Å²) in [5, 5.41) is 9.21. The van der Waals surface area contributed by atoms with Crippen molar-refractivity contribution < 1.29 is 45.1 Å². The molecular weight excluding hydrogens is 689 g/mol. The van der Waals surface area contributed by atoms with Gasteiger partial charge in [0.1, 0.15) is 42.8 Å². The Morgan fingerprint density at radius 2 is 1.93 bits per heavy atom. The molecule has 45 heavy (non-hydrogen) atoms. The number of halogens is 3. The Kier molecular flexibility index (Phi) is 8.29. The van der Waals surface area contributed by atoms with Crippen LogP contribution in [0.4, 0.5) is 19.1 Å². The lowest BCUT2D eigenvalue weighted by Crippen LogP contribution is -2.32. The third kappa shape index (κ3) is 6.50. The number of hydrogen-bond acceptors (Lipinski definition) is 14. The molecule has 0 spiro atoms. The minimum atomic E-state index is -4.58. The van der Waals surface area contributed by atoms with E-state index in [0.29, 0.717) is 0 Å². The van der Waals surface area contributed by atoms with Gasteiger partial charge in [-0.15, -0.1) is 0 Å². The standard InChI is InChI=1S/C21H20F3N9O8P2S2/c22-13-11-4-37-42(35,44)39-7-21(23,24)6-32-12(29-10-1-9(2-25)3-27-16(10)32)5-38-43(36,45)41-15(13)19(40-11)33-8-28-14-17(33)30-20(26)31-18(14)34/h1,3,8,11,13,15,19H,4-7H2,(H,35,44)(H,36,45)(H3,26,30,31,34)/t11-,13-,15-,19-,42?,43?/m1/s1. The van der Waals surface area contributed by atoms with Crippen molar-refractivity contribution in [3.63, 3.8) is 0 Å². The number of nitrogens with two attached hydrogens (primary N) is 1. The molecule has 4 aromatic heterocycles. The first-order valence-electron chi connectivity index (χ1n) is 12.6. The number of rotatable bonds is 1. The zero-order chi connectivity index (χ0) is 32.3. The van der Waals surface area contributed by atoms with E-state index in [-0.39, 0.29) is 39.7 Å². The number of nitrogens with one attached hydrogen (secondary N) is 1. The van der Waals surface area contributed by atoms with E-state index in [9.17, 15) is 19.2 Å². The second kappa shape index (κ2) is 11.7. The van der Waals surface area contributed by atoms with Gasteiger partial charge in [-0.25, -0.2) is 37.3 Å². The second-order valence-electron chi connectivity index (χ2n) is 9.78. The number of nitriles is 1. The number of imidazole rings is 2. The van der Waals surface area contributed by atoms with E-state index in [1.54, 1.807) is 0 Å². The number of pyridine rings is 1. The molecular formula is C21H20F3N9O8P2S2. The first-order valence-corrected chi connectivity index (χ1v) is 18.0. The van der Waals surface area contributed by atoms with Crippen LogP contribution in [0.5, 0.6) is 0 Å². The van der Waals surface area contributed by atoms with Crippen molar-refractivity contribution in [1.29, 1.82) is 5.26 Å². The van der Waals surface area contributed by atoms with Crippen molar-refractivity contribution in [2.75, 3.05) is 18.9 Å². The number of fused-ring (bicyclic) bond motifs is 6.